The van der Waals surface area contributed by atoms with Crippen molar-refractivity contribution in [1.82, 2.24) is 14.5 Å². The van der Waals surface area contributed by atoms with Crippen molar-refractivity contribution >= 4 is 28.2 Å². The van der Waals surface area contributed by atoms with Gasteiger partial charge in [0.15, 0.2) is 5.60 Å². The van der Waals surface area contributed by atoms with Crippen molar-refractivity contribution in [3.05, 3.63) is 87.7 Å². The molecule has 0 saturated heterocycles. The Labute approximate surface area is 222 Å². The normalized spacial score (nSPS) is 15.2. The van der Waals surface area contributed by atoms with E-state index in [-0.39, 0.29) is 15.9 Å². The van der Waals surface area contributed by atoms with E-state index in [1.807, 2.05) is 24.3 Å². The second kappa shape index (κ2) is 9.39. The number of halogens is 4. The van der Waals surface area contributed by atoms with Crippen LogP contribution < -0.4 is 10.7 Å². The van der Waals surface area contributed by atoms with Crippen molar-refractivity contribution in [3.63, 3.8) is 0 Å². The highest BCUT2D eigenvalue weighted by atomic mass is 35.5. The molecule has 1 aliphatic heterocycles. The third-order valence-corrected chi connectivity index (χ3v) is 7.44. The first-order valence-corrected chi connectivity index (χ1v) is 12.5. The molecule has 0 aliphatic carbocycles. The lowest BCUT2D eigenvalue weighted by molar-refractivity contribution is -0.271. The average molecular weight is 543 g/mol. The quantitative estimate of drug-likeness (QED) is 0.325. The Kier molecular flexibility index (Phi) is 6.47. The maximum atomic E-state index is 14.6. The molecule has 0 amide bonds. The minimum absolute atomic E-state index is 0.0787. The Balaban J connectivity index is 1.60. The van der Waals surface area contributed by atoms with Gasteiger partial charge >= 0.3 is 6.18 Å². The molecule has 10 heteroatoms. The molecule has 0 bridgehead atoms. The van der Waals surface area contributed by atoms with Gasteiger partial charge in [-0.25, -0.2) is 0 Å². The molecule has 4 heterocycles. The van der Waals surface area contributed by atoms with Crippen molar-refractivity contribution in [1.29, 1.82) is 0 Å². The second-order valence-corrected chi connectivity index (χ2v) is 10.8. The molecule has 2 N–H and O–H groups in total. The molecule has 0 spiro atoms. The van der Waals surface area contributed by atoms with Gasteiger partial charge < -0.3 is 15.0 Å². The molecular formula is C28H26ClF3N4O2. The van der Waals surface area contributed by atoms with E-state index in [9.17, 15) is 23.1 Å². The molecule has 6 nitrogen and oxygen atoms in total. The smallest absolute Gasteiger partial charge is 0.384 e. The number of aromatic nitrogens is 3. The molecule has 1 unspecified atom stereocenters. The number of benzene rings is 1. The van der Waals surface area contributed by atoms with Crippen LogP contribution in [-0.2, 0) is 18.4 Å². The van der Waals surface area contributed by atoms with Crippen LogP contribution in [0.15, 0.2) is 66.1 Å². The van der Waals surface area contributed by atoms with Gasteiger partial charge in [-0.1, -0.05) is 31.5 Å². The van der Waals surface area contributed by atoms with Gasteiger partial charge in [-0.3, -0.25) is 14.8 Å². The molecule has 38 heavy (non-hydrogen) atoms. The van der Waals surface area contributed by atoms with Crippen molar-refractivity contribution in [2.45, 2.75) is 50.4 Å². The number of hydrogen-bond donors (Lipinski definition) is 2. The zero-order chi connectivity index (χ0) is 27.3. The van der Waals surface area contributed by atoms with Crippen molar-refractivity contribution in [3.8, 4) is 11.1 Å². The number of hydrogen-bond acceptors (Lipinski definition) is 5. The fourth-order valence-electron chi connectivity index (χ4n) is 5.36. The lowest BCUT2D eigenvalue weighted by Crippen LogP contribution is -2.52. The second-order valence-electron chi connectivity index (χ2n) is 10.4. The molecule has 3 aromatic heterocycles. The van der Waals surface area contributed by atoms with Gasteiger partial charge in [0.2, 0.25) is 5.43 Å². The van der Waals surface area contributed by atoms with E-state index in [1.54, 1.807) is 26.2 Å². The lowest BCUT2D eigenvalue weighted by Gasteiger charge is -2.39. The standard InChI is InChI=1S/C28H26ClF3N4O2/c1-26(2,21-11-19(18-4-3-7-33-12-18)10-17-5-9-35-24(17)21)15-27(38,28(30,31)32)16-36-14-22(29)25(37)20-13-34-8-6-23(20)36/h3-4,6-8,10-14,35,38H,5,9,15-16H2,1-2H3. The molecule has 1 atom stereocenters. The van der Waals surface area contributed by atoms with E-state index < -0.39 is 35.6 Å². The van der Waals surface area contributed by atoms with Crippen LogP contribution >= 0.6 is 11.6 Å². The fourth-order valence-corrected chi connectivity index (χ4v) is 5.57. The summed E-state index contributed by atoms with van der Waals surface area (Å²) in [5.74, 6) is 0. The molecule has 0 saturated carbocycles. The van der Waals surface area contributed by atoms with Gasteiger partial charge in [0, 0.05) is 48.8 Å². The lowest BCUT2D eigenvalue weighted by atomic mass is 9.73. The highest BCUT2D eigenvalue weighted by Crippen LogP contribution is 2.46. The predicted octanol–water partition coefficient (Wildman–Crippen LogP) is 5.74. The van der Waals surface area contributed by atoms with Crippen molar-refractivity contribution in [2.24, 2.45) is 0 Å². The van der Waals surface area contributed by atoms with Gasteiger partial charge in [0.1, 0.15) is 5.02 Å². The van der Waals surface area contributed by atoms with E-state index in [4.69, 9.17) is 11.6 Å². The van der Waals surface area contributed by atoms with E-state index in [2.05, 4.69) is 15.3 Å². The minimum atomic E-state index is -4.98. The Morgan fingerprint density at radius 3 is 2.58 bits per heavy atom. The zero-order valence-corrected chi connectivity index (χ0v) is 21.6. The number of anilines is 1. The first-order chi connectivity index (χ1) is 17.9. The van der Waals surface area contributed by atoms with Gasteiger partial charge in [0.25, 0.3) is 0 Å². The van der Waals surface area contributed by atoms with Crippen LogP contribution in [0, 0.1) is 0 Å². The number of fused-ring (bicyclic) bond motifs is 2. The van der Waals surface area contributed by atoms with Gasteiger partial charge in [-0.2, -0.15) is 13.2 Å². The molecule has 5 rings (SSSR count). The number of aliphatic hydroxyl groups is 1. The molecule has 4 aromatic rings. The topological polar surface area (TPSA) is 80.0 Å². The number of nitrogens with one attached hydrogen (secondary N) is 1. The third kappa shape index (κ3) is 4.65. The largest absolute Gasteiger partial charge is 0.418 e. The van der Waals surface area contributed by atoms with Gasteiger partial charge in [0.05, 0.1) is 17.4 Å². The minimum Gasteiger partial charge on any atom is -0.384 e. The Morgan fingerprint density at radius 2 is 1.87 bits per heavy atom. The number of pyridine rings is 3. The molecule has 1 aliphatic rings. The first kappa shape index (κ1) is 26.2. The summed E-state index contributed by atoms with van der Waals surface area (Å²) in [4.78, 5) is 20.5. The highest BCUT2D eigenvalue weighted by molar-refractivity contribution is 6.31. The summed E-state index contributed by atoms with van der Waals surface area (Å²) >= 11 is 6.07. The van der Waals surface area contributed by atoms with E-state index in [1.165, 1.54) is 23.0 Å². The van der Waals surface area contributed by atoms with Crippen LogP contribution in [0.3, 0.4) is 0 Å². The predicted molar refractivity (Wildman–Crippen MR) is 142 cm³/mol. The van der Waals surface area contributed by atoms with Crippen LogP contribution in [0.2, 0.25) is 5.02 Å². The maximum absolute atomic E-state index is 14.6. The molecule has 198 valence electrons. The molecule has 1 aromatic carbocycles. The SMILES string of the molecule is CC(C)(CC(O)(Cn1cc(Cl)c(=O)c2cnccc21)C(F)(F)F)c1cc(-c2cccnc2)cc2c1NCC2. The van der Waals surface area contributed by atoms with Crippen molar-refractivity contribution < 1.29 is 18.3 Å². The molecule has 0 radical (unpaired) electrons. The number of nitrogens with zero attached hydrogens (tertiary/aromatic N) is 3. The molecular weight excluding hydrogens is 517 g/mol. The average Bonchev–Trinajstić information content (AvgIpc) is 3.35. The maximum Gasteiger partial charge on any atom is 0.418 e. The van der Waals surface area contributed by atoms with Crippen LogP contribution in [-0.4, -0.2) is 38.0 Å². The first-order valence-electron chi connectivity index (χ1n) is 12.1. The Hall–Kier alpha value is -3.43. The van der Waals surface area contributed by atoms with Crippen LogP contribution in [0.4, 0.5) is 18.9 Å². The van der Waals surface area contributed by atoms with Crippen LogP contribution in [0.1, 0.15) is 31.4 Å². The fraction of sp³-hybridized carbons (Fsp3) is 0.321. The third-order valence-electron chi connectivity index (χ3n) is 7.17. The monoisotopic (exact) mass is 542 g/mol. The molecule has 0 fully saturated rings. The number of rotatable bonds is 6. The highest BCUT2D eigenvalue weighted by Gasteiger charge is 2.56. The van der Waals surface area contributed by atoms with E-state index in [0.29, 0.717) is 12.1 Å². The van der Waals surface area contributed by atoms with Crippen LogP contribution in [0.5, 0.6) is 0 Å². The van der Waals surface area contributed by atoms with Crippen LogP contribution in [0.25, 0.3) is 22.0 Å². The zero-order valence-electron chi connectivity index (χ0n) is 20.8. The summed E-state index contributed by atoms with van der Waals surface area (Å²) < 4.78 is 45.1. The number of alkyl halides is 3. The van der Waals surface area contributed by atoms with E-state index in [0.717, 1.165) is 35.0 Å². The summed E-state index contributed by atoms with van der Waals surface area (Å²) in [6.45, 7) is 3.23. The summed E-state index contributed by atoms with van der Waals surface area (Å²) in [6.07, 6.45) is 2.28. The summed E-state index contributed by atoms with van der Waals surface area (Å²) in [7, 11) is 0. The summed E-state index contributed by atoms with van der Waals surface area (Å²) in [6, 6.07) is 9.05. The summed E-state index contributed by atoms with van der Waals surface area (Å²) in [5.41, 5.74) is -0.373. The Bertz CT molecular complexity index is 1570. The van der Waals surface area contributed by atoms with Gasteiger partial charge in [-0.05, 0) is 59.2 Å². The van der Waals surface area contributed by atoms with Gasteiger partial charge in [-0.15, -0.1) is 0 Å². The Morgan fingerprint density at radius 1 is 1.11 bits per heavy atom. The van der Waals surface area contributed by atoms with Crippen molar-refractivity contribution in [2.75, 3.05) is 11.9 Å². The van der Waals surface area contributed by atoms with E-state index >= 15 is 0 Å². The summed E-state index contributed by atoms with van der Waals surface area (Å²) in [5, 5.41) is 14.5.